The van der Waals surface area contributed by atoms with E-state index in [1.54, 1.807) is 0 Å². The number of hydrogen-bond donors (Lipinski definition) is 1. The Morgan fingerprint density at radius 1 is 1.29 bits per heavy atom. The van der Waals surface area contributed by atoms with E-state index in [-0.39, 0.29) is 0 Å². The van der Waals surface area contributed by atoms with Crippen LogP contribution in [0.4, 0.5) is 0 Å². The van der Waals surface area contributed by atoms with E-state index < -0.39 is 0 Å². The monoisotopic (exact) mass is 238 g/mol. The number of rotatable bonds is 2. The first-order valence-electron chi connectivity index (χ1n) is 6.67. The van der Waals surface area contributed by atoms with Crippen molar-refractivity contribution in [2.75, 3.05) is 26.8 Å². The van der Waals surface area contributed by atoms with Crippen LogP contribution in [0.3, 0.4) is 0 Å². The van der Waals surface area contributed by atoms with Crippen molar-refractivity contribution in [2.45, 2.75) is 39.7 Å². The van der Waals surface area contributed by atoms with Crippen LogP contribution in [0.15, 0.2) is 23.5 Å². The van der Waals surface area contributed by atoms with Gasteiger partial charge >= 0.3 is 0 Å². The van der Waals surface area contributed by atoms with Crippen molar-refractivity contribution in [2.24, 2.45) is 0 Å². The molecule has 3 nitrogen and oxygen atoms in total. The molecule has 3 heteroatoms. The average Bonchev–Trinajstić information content (AvgIpc) is 2.31. The lowest BCUT2D eigenvalue weighted by atomic mass is 10.1. The van der Waals surface area contributed by atoms with Gasteiger partial charge < -0.3 is 15.0 Å². The predicted octanol–water partition coefficient (Wildman–Crippen LogP) is 2.51. The van der Waals surface area contributed by atoms with Crippen LogP contribution in [0.1, 0.15) is 33.6 Å². The standard InChI is InChI=1S/C12H20N2O.C2H6/c1-10-7-12(9-14(2)8-10)13-11-3-5-15-6-4-11;1-2/h7-8,11,13H,3-6,9H2,1-2H3;1-2H3. The molecule has 0 saturated carbocycles. The van der Waals surface area contributed by atoms with E-state index in [0.717, 1.165) is 32.6 Å². The van der Waals surface area contributed by atoms with Crippen LogP contribution in [-0.4, -0.2) is 37.7 Å². The molecule has 0 bridgehead atoms. The maximum atomic E-state index is 5.35. The summed E-state index contributed by atoms with van der Waals surface area (Å²) < 4.78 is 5.35. The molecule has 0 radical (unpaired) electrons. The van der Waals surface area contributed by atoms with E-state index in [1.165, 1.54) is 11.3 Å². The second-order valence-corrected chi connectivity index (χ2v) is 4.49. The van der Waals surface area contributed by atoms with E-state index >= 15 is 0 Å². The summed E-state index contributed by atoms with van der Waals surface area (Å²) in [6.07, 6.45) is 6.68. The lowest BCUT2D eigenvalue weighted by Gasteiger charge is -2.29. The molecule has 2 aliphatic heterocycles. The maximum Gasteiger partial charge on any atom is 0.0568 e. The quantitative estimate of drug-likeness (QED) is 0.800. The van der Waals surface area contributed by atoms with Gasteiger partial charge in [0, 0.05) is 38.2 Å². The second-order valence-electron chi connectivity index (χ2n) is 4.49. The minimum Gasteiger partial charge on any atom is -0.384 e. The molecule has 0 unspecified atom stereocenters. The minimum absolute atomic E-state index is 0.601. The molecule has 0 aromatic heterocycles. The Morgan fingerprint density at radius 3 is 2.53 bits per heavy atom. The normalized spacial score (nSPS) is 21.1. The molecule has 98 valence electrons. The molecular formula is C14H26N2O. The molecule has 0 aromatic rings. The van der Waals surface area contributed by atoms with Gasteiger partial charge in [-0.25, -0.2) is 0 Å². The van der Waals surface area contributed by atoms with Crippen LogP contribution in [0, 0.1) is 0 Å². The molecule has 1 fully saturated rings. The lowest BCUT2D eigenvalue weighted by Crippen LogP contribution is -2.37. The number of nitrogens with zero attached hydrogens (tertiary/aromatic N) is 1. The zero-order chi connectivity index (χ0) is 12.7. The third kappa shape index (κ3) is 4.82. The molecule has 0 aromatic carbocycles. The summed E-state index contributed by atoms with van der Waals surface area (Å²) in [5.41, 5.74) is 2.66. The molecule has 0 atom stereocenters. The summed E-state index contributed by atoms with van der Waals surface area (Å²) in [4.78, 5) is 2.22. The van der Waals surface area contributed by atoms with E-state index in [9.17, 15) is 0 Å². The van der Waals surface area contributed by atoms with Gasteiger partial charge in [-0.05, 0) is 31.4 Å². The Morgan fingerprint density at radius 2 is 1.94 bits per heavy atom. The average molecular weight is 238 g/mol. The van der Waals surface area contributed by atoms with Gasteiger partial charge in [0.2, 0.25) is 0 Å². The smallest absolute Gasteiger partial charge is 0.0568 e. The van der Waals surface area contributed by atoms with Gasteiger partial charge in [-0.2, -0.15) is 0 Å². The highest BCUT2D eigenvalue weighted by molar-refractivity contribution is 5.25. The maximum absolute atomic E-state index is 5.35. The number of allylic oxidation sites excluding steroid dienone is 2. The highest BCUT2D eigenvalue weighted by Gasteiger charge is 2.15. The third-order valence-electron chi connectivity index (χ3n) is 2.86. The molecule has 0 aliphatic carbocycles. The minimum atomic E-state index is 0.601. The first-order valence-corrected chi connectivity index (χ1v) is 6.67. The Balaban J connectivity index is 0.000000686. The Bertz CT molecular complexity index is 278. The zero-order valence-electron chi connectivity index (χ0n) is 11.6. The van der Waals surface area contributed by atoms with Gasteiger partial charge in [-0.1, -0.05) is 13.8 Å². The van der Waals surface area contributed by atoms with Gasteiger partial charge in [-0.3, -0.25) is 0 Å². The van der Waals surface area contributed by atoms with Crippen LogP contribution >= 0.6 is 0 Å². The molecule has 0 spiro atoms. The SMILES string of the molecule is CC.CC1=CN(C)CC(NC2CCOCC2)=C1. The fraction of sp³-hybridized carbons (Fsp3) is 0.714. The molecular weight excluding hydrogens is 212 g/mol. The summed E-state index contributed by atoms with van der Waals surface area (Å²) in [6.45, 7) is 8.93. The highest BCUT2D eigenvalue weighted by atomic mass is 16.5. The van der Waals surface area contributed by atoms with E-state index in [1.807, 2.05) is 13.8 Å². The first kappa shape index (κ1) is 14.1. The van der Waals surface area contributed by atoms with Gasteiger partial charge in [0.1, 0.15) is 0 Å². The van der Waals surface area contributed by atoms with Gasteiger partial charge in [0.25, 0.3) is 0 Å². The zero-order valence-corrected chi connectivity index (χ0v) is 11.6. The summed E-state index contributed by atoms with van der Waals surface area (Å²) >= 11 is 0. The largest absolute Gasteiger partial charge is 0.384 e. The Hall–Kier alpha value is -0.960. The molecule has 1 N–H and O–H groups in total. The Kier molecular flexibility index (Phi) is 6.12. The van der Waals surface area contributed by atoms with E-state index in [0.29, 0.717) is 6.04 Å². The predicted molar refractivity (Wildman–Crippen MR) is 72.8 cm³/mol. The van der Waals surface area contributed by atoms with Gasteiger partial charge in [0.05, 0.1) is 6.54 Å². The van der Waals surface area contributed by atoms with Crippen molar-refractivity contribution in [3.8, 4) is 0 Å². The fourth-order valence-electron chi connectivity index (χ4n) is 2.21. The molecule has 2 rings (SSSR count). The third-order valence-corrected chi connectivity index (χ3v) is 2.86. The molecule has 2 heterocycles. The van der Waals surface area contributed by atoms with Gasteiger partial charge in [0.15, 0.2) is 0 Å². The van der Waals surface area contributed by atoms with Crippen molar-refractivity contribution in [3.63, 3.8) is 0 Å². The summed E-state index contributed by atoms with van der Waals surface area (Å²) in [7, 11) is 2.11. The highest BCUT2D eigenvalue weighted by Crippen LogP contribution is 2.13. The van der Waals surface area contributed by atoms with E-state index in [2.05, 4.69) is 36.5 Å². The van der Waals surface area contributed by atoms with Gasteiger partial charge in [-0.15, -0.1) is 0 Å². The summed E-state index contributed by atoms with van der Waals surface area (Å²) in [5, 5.41) is 3.62. The van der Waals surface area contributed by atoms with Crippen molar-refractivity contribution >= 4 is 0 Å². The van der Waals surface area contributed by atoms with Crippen molar-refractivity contribution < 1.29 is 4.74 Å². The second kappa shape index (κ2) is 7.38. The van der Waals surface area contributed by atoms with Crippen LogP contribution in [0.2, 0.25) is 0 Å². The van der Waals surface area contributed by atoms with Crippen LogP contribution in [-0.2, 0) is 4.74 Å². The number of ether oxygens (including phenoxy) is 1. The van der Waals surface area contributed by atoms with E-state index in [4.69, 9.17) is 4.74 Å². The van der Waals surface area contributed by atoms with Crippen molar-refractivity contribution in [1.82, 2.24) is 10.2 Å². The van der Waals surface area contributed by atoms with Crippen molar-refractivity contribution in [1.29, 1.82) is 0 Å². The summed E-state index contributed by atoms with van der Waals surface area (Å²) in [5.74, 6) is 0. The van der Waals surface area contributed by atoms with Crippen molar-refractivity contribution in [3.05, 3.63) is 23.5 Å². The first-order chi connectivity index (χ1) is 8.24. The number of nitrogens with one attached hydrogen (secondary N) is 1. The van der Waals surface area contributed by atoms with Crippen LogP contribution in [0.25, 0.3) is 0 Å². The topological polar surface area (TPSA) is 24.5 Å². The van der Waals surface area contributed by atoms with Crippen LogP contribution < -0.4 is 5.32 Å². The van der Waals surface area contributed by atoms with Crippen LogP contribution in [0.5, 0.6) is 0 Å². The molecule has 2 aliphatic rings. The number of hydrogen-bond acceptors (Lipinski definition) is 3. The molecule has 1 saturated heterocycles. The molecule has 0 amide bonds. The number of likely N-dealkylation sites (N-methyl/N-ethyl adjacent to an activating group) is 1. The molecule has 17 heavy (non-hydrogen) atoms. The fourth-order valence-corrected chi connectivity index (χ4v) is 2.21. The lowest BCUT2D eigenvalue weighted by molar-refractivity contribution is 0.0799. The summed E-state index contributed by atoms with van der Waals surface area (Å²) in [6, 6.07) is 0.601. The Labute approximate surface area is 106 Å².